The van der Waals surface area contributed by atoms with Crippen LogP contribution in [0.3, 0.4) is 0 Å². The fraction of sp³-hybridized carbons (Fsp3) is 0.300. The summed E-state index contributed by atoms with van der Waals surface area (Å²) in [5.74, 6) is 0.576. The molecule has 28 heavy (non-hydrogen) atoms. The summed E-state index contributed by atoms with van der Waals surface area (Å²) >= 11 is 0. The lowest BCUT2D eigenvalue weighted by Crippen LogP contribution is -2.24. The fourth-order valence-electron chi connectivity index (χ4n) is 3.43. The van der Waals surface area contributed by atoms with E-state index in [9.17, 15) is 18.3 Å². The third-order valence-corrected chi connectivity index (χ3v) is 4.81. The number of β-amino-alcohol motifs (C(OH)–C–C–N with tert-alkyl or cyclic N) is 1. The number of likely N-dealkylation sites (tertiary alicyclic amines) is 1. The van der Waals surface area contributed by atoms with Gasteiger partial charge in [-0.3, -0.25) is 4.90 Å². The van der Waals surface area contributed by atoms with E-state index in [0.717, 1.165) is 17.7 Å². The molecule has 0 amide bonds. The van der Waals surface area contributed by atoms with Gasteiger partial charge in [-0.05, 0) is 24.1 Å². The second-order valence-corrected chi connectivity index (χ2v) is 6.85. The summed E-state index contributed by atoms with van der Waals surface area (Å²) in [6, 6.07) is 14.2. The van der Waals surface area contributed by atoms with Gasteiger partial charge in [-0.1, -0.05) is 47.6 Å². The number of rotatable bonds is 4. The van der Waals surface area contributed by atoms with Gasteiger partial charge in [-0.25, -0.2) is 0 Å². The molecule has 2 unspecified atom stereocenters. The van der Waals surface area contributed by atoms with Crippen LogP contribution in [0.4, 0.5) is 13.2 Å². The van der Waals surface area contributed by atoms with E-state index >= 15 is 0 Å². The normalized spacial score (nSPS) is 20.6. The number of alkyl halides is 3. The van der Waals surface area contributed by atoms with E-state index in [1.807, 2.05) is 30.3 Å². The van der Waals surface area contributed by atoms with Gasteiger partial charge in [0.15, 0.2) is 0 Å². The molecule has 4 rings (SSSR count). The highest BCUT2D eigenvalue weighted by atomic mass is 19.4. The first kappa shape index (κ1) is 18.6. The van der Waals surface area contributed by atoms with E-state index in [4.69, 9.17) is 4.52 Å². The van der Waals surface area contributed by atoms with Crippen LogP contribution in [0.15, 0.2) is 59.1 Å². The van der Waals surface area contributed by atoms with E-state index in [0.29, 0.717) is 31.0 Å². The molecule has 0 radical (unpaired) electrons. The highest BCUT2D eigenvalue weighted by molar-refractivity contribution is 5.54. The molecule has 146 valence electrons. The smallest absolute Gasteiger partial charge is 0.392 e. The summed E-state index contributed by atoms with van der Waals surface area (Å²) in [5, 5.41) is 14.0. The number of aliphatic hydroxyl groups excluding tert-OH is 1. The van der Waals surface area contributed by atoms with E-state index in [1.54, 1.807) is 0 Å². The molecule has 8 heteroatoms. The van der Waals surface area contributed by atoms with Crippen molar-refractivity contribution in [2.45, 2.75) is 31.3 Å². The van der Waals surface area contributed by atoms with E-state index in [1.165, 1.54) is 12.1 Å². The first-order chi connectivity index (χ1) is 13.4. The Morgan fingerprint density at radius 2 is 1.79 bits per heavy atom. The standard InChI is InChI=1S/C20H18F3N3O2/c21-20(22,23)15-8-6-14(7-9-15)18-24-19(28-25-18)17-10-16(27)12-26(17)11-13-4-2-1-3-5-13/h1-9,16-17,27H,10-12H2. The second kappa shape index (κ2) is 7.37. The molecule has 1 aliphatic heterocycles. The third kappa shape index (κ3) is 3.93. The van der Waals surface area contributed by atoms with Crippen LogP contribution in [-0.4, -0.2) is 32.8 Å². The number of aromatic nitrogens is 2. The molecular formula is C20H18F3N3O2. The Bertz CT molecular complexity index is 926. The van der Waals surface area contributed by atoms with Crippen LogP contribution in [0.2, 0.25) is 0 Å². The van der Waals surface area contributed by atoms with Crippen LogP contribution in [0, 0.1) is 0 Å². The van der Waals surface area contributed by atoms with Crippen molar-refractivity contribution in [3.8, 4) is 11.4 Å². The van der Waals surface area contributed by atoms with Crippen molar-refractivity contribution in [1.82, 2.24) is 15.0 Å². The minimum atomic E-state index is -4.39. The maximum absolute atomic E-state index is 12.7. The summed E-state index contributed by atoms with van der Waals surface area (Å²) < 4.78 is 43.5. The Hall–Kier alpha value is -2.71. The van der Waals surface area contributed by atoms with Gasteiger partial charge < -0.3 is 9.63 Å². The molecular weight excluding hydrogens is 371 g/mol. The molecule has 0 aliphatic carbocycles. The average Bonchev–Trinajstić information content (AvgIpc) is 3.29. The minimum absolute atomic E-state index is 0.227. The molecule has 1 saturated heterocycles. The van der Waals surface area contributed by atoms with Crippen LogP contribution in [-0.2, 0) is 12.7 Å². The first-order valence-electron chi connectivity index (χ1n) is 8.87. The van der Waals surface area contributed by atoms with Crippen molar-refractivity contribution in [2.75, 3.05) is 6.54 Å². The van der Waals surface area contributed by atoms with Crippen molar-refractivity contribution < 1.29 is 22.8 Å². The molecule has 0 spiro atoms. The summed E-state index contributed by atoms with van der Waals surface area (Å²) in [6.45, 7) is 1.11. The predicted octanol–water partition coefficient (Wildman–Crippen LogP) is 4.06. The monoisotopic (exact) mass is 389 g/mol. The van der Waals surface area contributed by atoms with Gasteiger partial charge in [0.2, 0.25) is 11.7 Å². The molecule has 1 N–H and O–H groups in total. The van der Waals surface area contributed by atoms with Gasteiger partial charge in [-0.2, -0.15) is 18.2 Å². The summed E-state index contributed by atoms with van der Waals surface area (Å²) in [6.07, 6.45) is -4.43. The second-order valence-electron chi connectivity index (χ2n) is 6.85. The molecule has 0 saturated carbocycles. The Morgan fingerprint density at radius 3 is 2.46 bits per heavy atom. The zero-order valence-corrected chi connectivity index (χ0v) is 14.8. The summed E-state index contributed by atoms with van der Waals surface area (Å²) in [5.41, 5.74) is 0.813. The lowest BCUT2D eigenvalue weighted by molar-refractivity contribution is -0.137. The molecule has 1 fully saturated rings. The molecule has 1 aliphatic rings. The zero-order chi connectivity index (χ0) is 19.7. The Balaban J connectivity index is 1.54. The van der Waals surface area contributed by atoms with Crippen molar-refractivity contribution in [3.63, 3.8) is 0 Å². The van der Waals surface area contributed by atoms with Crippen molar-refractivity contribution in [3.05, 3.63) is 71.6 Å². The topological polar surface area (TPSA) is 62.4 Å². The van der Waals surface area contributed by atoms with Crippen LogP contribution in [0.5, 0.6) is 0 Å². The average molecular weight is 389 g/mol. The van der Waals surface area contributed by atoms with Gasteiger partial charge in [0, 0.05) is 18.7 Å². The highest BCUT2D eigenvalue weighted by Crippen LogP contribution is 2.34. The van der Waals surface area contributed by atoms with Gasteiger partial charge in [0.05, 0.1) is 17.7 Å². The summed E-state index contributed by atoms with van der Waals surface area (Å²) in [7, 11) is 0. The number of hydrogen-bond donors (Lipinski definition) is 1. The fourth-order valence-corrected chi connectivity index (χ4v) is 3.43. The lowest BCUT2D eigenvalue weighted by atomic mass is 10.1. The SMILES string of the molecule is OC1CC(c2nc(-c3ccc(C(F)(F)F)cc3)no2)N(Cc2ccccc2)C1. The number of hydrogen-bond acceptors (Lipinski definition) is 5. The largest absolute Gasteiger partial charge is 0.416 e. The van der Waals surface area contributed by atoms with Crippen LogP contribution < -0.4 is 0 Å². The van der Waals surface area contributed by atoms with Crippen LogP contribution in [0.25, 0.3) is 11.4 Å². The van der Waals surface area contributed by atoms with Gasteiger partial charge in [0.1, 0.15) is 0 Å². The highest BCUT2D eigenvalue weighted by Gasteiger charge is 2.36. The predicted molar refractivity (Wildman–Crippen MR) is 95.0 cm³/mol. The van der Waals surface area contributed by atoms with Crippen LogP contribution in [0.1, 0.15) is 29.5 Å². The van der Waals surface area contributed by atoms with E-state index in [-0.39, 0.29) is 11.9 Å². The number of benzene rings is 2. The molecule has 2 aromatic carbocycles. The minimum Gasteiger partial charge on any atom is -0.392 e. The number of aliphatic hydroxyl groups is 1. The van der Waals surface area contributed by atoms with E-state index in [2.05, 4.69) is 15.0 Å². The zero-order valence-electron chi connectivity index (χ0n) is 14.8. The van der Waals surface area contributed by atoms with Gasteiger partial charge in [0.25, 0.3) is 0 Å². The van der Waals surface area contributed by atoms with Crippen molar-refractivity contribution in [1.29, 1.82) is 0 Å². The quantitative estimate of drug-likeness (QED) is 0.729. The molecule has 1 aromatic heterocycles. The Labute approximate surface area is 159 Å². The van der Waals surface area contributed by atoms with Crippen LogP contribution >= 0.6 is 0 Å². The number of nitrogens with zero attached hydrogens (tertiary/aromatic N) is 3. The molecule has 5 nitrogen and oxygen atoms in total. The molecule has 2 heterocycles. The molecule has 3 aromatic rings. The Kier molecular flexibility index (Phi) is 4.91. The van der Waals surface area contributed by atoms with Crippen molar-refractivity contribution >= 4 is 0 Å². The first-order valence-corrected chi connectivity index (χ1v) is 8.87. The van der Waals surface area contributed by atoms with Gasteiger partial charge >= 0.3 is 6.18 Å². The van der Waals surface area contributed by atoms with E-state index < -0.39 is 17.8 Å². The maximum atomic E-state index is 12.7. The maximum Gasteiger partial charge on any atom is 0.416 e. The lowest BCUT2D eigenvalue weighted by Gasteiger charge is -2.21. The summed E-state index contributed by atoms with van der Waals surface area (Å²) in [4.78, 5) is 6.43. The third-order valence-electron chi connectivity index (χ3n) is 4.81. The van der Waals surface area contributed by atoms with Crippen molar-refractivity contribution in [2.24, 2.45) is 0 Å². The number of halogens is 3. The Morgan fingerprint density at radius 1 is 1.07 bits per heavy atom. The van der Waals surface area contributed by atoms with Gasteiger partial charge in [-0.15, -0.1) is 0 Å². The molecule has 2 atom stereocenters. The molecule has 0 bridgehead atoms.